The van der Waals surface area contributed by atoms with Crippen LogP contribution in [0.2, 0.25) is 0 Å². The summed E-state index contributed by atoms with van der Waals surface area (Å²) in [4.78, 5) is 16.5. The van der Waals surface area contributed by atoms with Gasteiger partial charge in [0.25, 0.3) is 5.91 Å². The Morgan fingerprint density at radius 2 is 2.43 bits per heavy atom. The quantitative estimate of drug-likeness (QED) is 0.932. The van der Waals surface area contributed by atoms with Gasteiger partial charge in [-0.15, -0.1) is 0 Å². The van der Waals surface area contributed by atoms with E-state index in [-0.39, 0.29) is 5.91 Å². The van der Waals surface area contributed by atoms with Crippen LogP contribution in [0.5, 0.6) is 0 Å². The summed E-state index contributed by atoms with van der Waals surface area (Å²) in [6.45, 7) is 2.22. The third kappa shape index (κ3) is 3.13. The number of hydrogen-bond donors (Lipinski definition) is 1. The van der Waals surface area contributed by atoms with Gasteiger partial charge in [-0.2, -0.15) is 0 Å². The number of benzene rings is 1. The molecule has 0 unspecified atom stereocenters. The van der Waals surface area contributed by atoms with Gasteiger partial charge in [0.05, 0.1) is 6.61 Å². The number of rotatable bonds is 4. The first kappa shape index (κ1) is 13.8. The fraction of sp³-hybridized carbons (Fsp3) is 0.375. The lowest BCUT2D eigenvalue weighted by atomic mass is 10.1. The number of aryl methyl sites for hydroxylation is 1. The van der Waals surface area contributed by atoms with Crippen LogP contribution in [0.4, 0.5) is 0 Å². The van der Waals surface area contributed by atoms with Gasteiger partial charge in [0.2, 0.25) is 0 Å². The molecule has 0 aliphatic carbocycles. The van der Waals surface area contributed by atoms with Crippen molar-refractivity contribution in [1.29, 1.82) is 0 Å². The number of carbonyl (C=O) groups is 1. The average Bonchev–Trinajstić information content (AvgIpc) is 3.16. The van der Waals surface area contributed by atoms with Crippen molar-refractivity contribution in [3.63, 3.8) is 0 Å². The van der Waals surface area contributed by atoms with Crippen molar-refractivity contribution >= 4 is 5.91 Å². The Balaban J connectivity index is 1.70. The number of hydrogen-bond acceptors (Lipinski definition) is 3. The van der Waals surface area contributed by atoms with Gasteiger partial charge in [-0.05, 0) is 18.6 Å². The van der Waals surface area contributed by atoms with Crippen molar-refractivity contribution in [1.82, 2.24) is 14.9 Å². The van der Waals surface area contributed by atoms with Gasteiger partial charge in [0.1, 0.15) is 5.82 Å². The van der Waals surface area contributed by atoms with E-state index in [1.54, 1.807) is 6.20 Å². The van der Waals surface area contributed by atoms with Gasteiger partial charge in [0, 0.05) is 49.6 Å². The maximum atomic E-state index is 12.2. The summed E-state index contributed by atoms with van der Waals surface area (Å²) in [5, 5.41) is 2.98. The number of imidazole rings is 1. The lowest BCUT2D eigenvalue weighted by molar-refractivity contribution is 0.0945. The highest BCUT2D eigenvalue weighted by atomic mass is 16.5. The molecule has 1 amide bonds. The Morgan fingerprint density at radius 3 is 3.14 bits per heavy atom. The van der Waals surface area contributed by atoms with Crippen LogP contribution in [0.3, 0.4) is 0 Å². The van der Waals surface area contributed by atoms with Crippen LogP contribution in [-0.4, -0.2) is 35.2 Å². The van der Waals surface area contributed by atoms with E-state index in [9.17, 15) is 4.79 Å². The molecular weight excluding hydrogens is 266 g/mol. The van der Waals surface area contributed by atoms with Crippen molar-refractivity contribution in [3.8, 4) is 11.4 Å². The molecular formula is C16H19N3O2. The normalized spacial score (nSPS) is 17.9. The Kier molecular flexibility index (Phi) is 4.01. The molecule has 1 aromatic carbocycles. The van der Waals surface area contributed by atoms with Crippen LogP contribution in [-0.2, 0) is 11.8 Å². The zero-order valence-corrected chi connectivity index (χ0v) is 12.1. The van der Waals surface area contributed by atoms with Gasteiger partial charge < -0.3 is 14.6 Å². The highest BCUT2D eigenvalue weighted by molar-refractivity contribution is 5.95. The van der Waals surface area contributed by atoms with Gasteiger partial charge in [-0.25, -0.2) is 4.98 Å². The first-order valence-corrected chi connectivity index (χ1v) is 7.18. The van der Waals surface area contributed by atoms with Crippen LogP contribution >= 0.6 is 0 Å². The number of ether oxygens (including phenoxy) is 1. The van der Waals surface area contributed by atoms with Crippen molar-refractivity contribution in [2.24, 2.45) is 13.0 Å². The third-order valence-electron chi connectivity index (χ3n) is 3.78. The first-order valence-electron chi connectivity index (χ1n) is 7.18. The van der Waals surface area contributed by atoms with E-state index in [0.717, 1.165) is 31.0 Å². The summed E-state index contributed by atoms with van der Waals surface area (Å²) in [5.74, 6) is 1.25. The second-order valence-electron chi connectivity index (χ2n) is 5.38. The molecule has 1 fully saturated rings. The number of carbonyl (C=O) groups excluding carboxylic acids is 1. The van der Waals surface area contributed by atoms with E-state index in [0.29, 0.717) is 18.0 Å². The fourth-order valence-corrected chi connectivity index (χ4v) is 2.53. The zero-order chi connectivity index (χ0) is 14.7. The van der Waals surface area contributed by atoms with E-state index in [1.165, 1.54) is 0 Å². The number of aromatic nitrogens is 2. The van der Waals surface area contributed by atoms with Crippen LogP contribution in [0, 0.1) is 5.92 Å². The summed E-state index contributed by atoms with van der Waals surface area (Å²) in [6, 6.07) is 7.55. The number of amides is 1. The van der Waals surface area contributed by atoms with Gasteiger partial charge in [-0.1, -0.05) is 12.1 Å². The zero-order valence-electron chi connectivity index (χ0n) is 12.1. The lowest BCUT2D eigenvalue weighted by Crippen LogP contribution is -2.29. The van der Waals surface area contributed by atoms with Gasteiger partial charge in [0.15, 0.2) is 0 Å². The van der Waals surface area contributed by atoms with E-state index in [1.807, 2.05) is 42.1 Å². The topological polar surface area (TPSA) is 56.2 Å². The molecule has 2 heterocycles. The Hall–Kier alpha value is -2.14. The maximum absolute atomic E-state index is 12.2. The minimum atomic E-state index is -0.0436. The molecule has 0 spiro atoms. The van der Waals surface area contributed by atoms with E-state index in [4.69, 9.17) is 4.74 Å². The van der Waals surface area contributed by atoms with Crippen LogP contribution in [0.25, 0.3) is 11.4 Å². The molecule has 1 aliphatic rings. The Labute approximate surface area is 124 Å². The molecule has 21 heavy (non-hydrogen) atoms. The van der Waals surface area contributed by atoms with E-state index < -0.39 is 0 Å². The molecule has 0 radical (unpaired) electrons. The monoisotopic (exact) mass is 285 g/mol. The molecule has 1 aromatic heterocycles. The van der Waals surface area contributed by atoms with Crippen molar-refractivity contribution in [3.05, 3.63) is 42.2 Å². The summed E-state index contributed by atoms with van der Waals surface area (Å²) in [6.07, 6.45) is 4.66. The second kappa shape index (κ2) is 6.10. The average molecular weight is 285 g/mol. The predicted molar refractivity (Wildman–Crippen MR) is 79.9 cm³/mol. The highest BCUT2D eigenvalue weighted by Crippen LogP contribution is 2.18. The second-order valence-corrected chi connectivity index (χ2v) is 5.38. The minimum Gasteiger partial charge on any atom is -0.381 e. The molecule has 3 rings (SSSR count). The predicted octanol–water partition coefficient (Wildman–Crippen LogP) is 1.85. The number of nitrogens with one attached hydrogen (secondary N) is 1. The molecule has 1 atom stereocenters. The first-order chi connectivity index (χ1) is 10.2. The largest absolute Gasteiger partial charge is 0.381 e. The molecule has 1 saturated heterocycles. The Morgan fingerprint density at radius 1 is 1.52 bits per heavy atom. The Bertz CT molecular complexity index is 630. The molecule has 5 heteroatoms. The molecule has 110 valence electrons. The summed E-state index contributed by atoms with van der Waals surface area (Å²) in [5.41, 5.74) is 1.61. The molecule has 5 nitrogen and oxygen atoms in total. The molecule has 2 aromatic rings. The molecule has 1 N–H and O–H groups in total. The van der Waals surface area contributed by atoms with Crippen molar-refractivity contribution in [2.75, 3.05) is 19.8 Å². The van der Waals surface area contributed by atoms with E-state index in [2.05, 4.69) is 10.3 Å². The van der Waals surface area contributed by atoms with Crippen molar-refractivity contribution < 1.29 is 9.53 Å². The standard InChI is InChI=1S/C16H19N3O2/c1-19-7-6-17-15(19)13-3-2-4-14(9-13)16(20)18-10-12-5-8-21-11-12/h2-4,6-7,9,12H,5,8,10-11H2,1H3,(H,18,20)/t12-/m0/s1. The van der Waals surface area contributed by atoms with Crippen LogP contribution in [0.15, 0.2) is 36.7 Å². The molecule has 1 aliphatic heterocycles. The fourth-order valence-electron chi connectivity index (χ4n) is 2.53. The summed E-state index contributed by atoms with van der Waals surface area (Å²) < 4.78 is 7.25. The van der Waals surface area contributed by atoms with Gasteiger partial charge in [-0.3, -0.25) is 4.79 Å². The van der Waals surface area contributed by atoms with Crippen LogP contribution in [0.1, 0.15) is 16.8 Å². The highest BCUT2D eigenvalue weighted by Gasteiger charge is 2.17. The summed E-state index contributed by atoms with van der Waals surface area (Å²) in [7, 11) is 1.94. The SMILES string of the molecule is Cn1ccnc1-c1cccc(C(=O)NC[C@@H]2CCOC2)c1. The van der Waals surface area contributed by atoms with E-state index >= 15 is 0 Å². The minimum absolute atomic E-state index is 0.0436. The molecule has 0 bridgehead atoms. The molecule has 0 saturated carbocycles. The van der Waals surface area contributed by atoms with Crippen molar-refractivity contribution in [2.45, 2.75) is 6.42 Å². The van der Waals surface area contributed by atoms with Gasteiger partial charge >= 0.3 is 0 Å². The lowest BCUT2D eigenvalue weighted by Gasteiger charge is -2.10. The maximum Gasteiger partial charge on any atom is 0.251 e. The third-order valence-corrected chi connectivity index (χ3v) is 3.78. The smallest absolute Gasteiger partial charge is 0.251 e. The summed E-state index contributed by atoms with van der Waals surface area (Å²) >= 11 is 0. The number of nitrogens with zero attached hydrogens (tertiary/aromatic N) is 2. The van der Waals surface area contributed by atoms with Crippen LogP contribution < -0.4 is 5.32 Å².